The van der Waals surface area contributed by atoms with Crippen LogP contribution in [0.2, 0.25) is 0 Å². The van der Waals surface area contributed by atoms with Gasteiger partial charge in [0.2, 0.25) is 0 Å². The van der Waals surface area contributed by atoms with E-state index in [0.29, 0.717) is 18.6 Å². The highest BCUT2D eigenvalue weighted by molar-refractivity contribution is 5.68. The molecule has 22 heavy (non-hydrogen) atoms. The first kappa shape index (κ1) is 19.5. The van der Waals surface area contributed by atoms with Crippen LogP contribution in [0.4, 0.5) is 0 Å². The second kappa shape index (κ2) is 12.9. The summed E-state index contributed by atoms with van der Waals surface area (Å²) in [5.74, 6) is -0.0831. The molecule has 1 heterocycles. The number of carbonyl (C=O) groups excluding carboxylic acids is 1. The van der Waals surface area contributed by atoms with Crippen molar-refractivity contribution in [3.8, 4) is 0 Å². The zero-order valence-corrected chi connectivity index (χ0v) is 14.8. The molecule has 2 atom stereocenters. The zero-order chi connectivity index (χ0) is 16.0. The Hall–Kier alpha value is -0.570. The van der Waals surface area contributed by atoms with Crippen LogP contribution in [-0.4, -0.2) is 25.3 Å². The summed E-state index contributed by atoms with van der Waals surface area (Å²) in [6, 6.07) is 0. The smallest absolute Gasteiger partial charge is 0.305 e. The molecule has 1 aliphatic rings. The first-order chi connectivity index (χ1) is 10.8. The Kier molecular flexibility index (Phi) is 11.4. The average Bonchev–Trinajstić information content (AvgIpc) is 3.28. The SMILES string of the molecule is CCCCCCCCC[C@@H]1O[C@@H]1CCCCCCC(=O)OC. The molecular formula is C19H36O3. The fraction of sp³-hybridized carbons (Fsp3) is 0.947. The molecule has 0 aromatic heterocycles. The molecular weight excluding hydrogens is 276 g/mol. The number of esters is 1. The number of methoxy groups -OCH3 is 1. The van der Waals surface area contributed by atoms with Crippen LogP contribution in [-0.2, 0) is 14.3 Å². The lowest BCUT2D eigenvalue weighted by molar-refractivity contribution is -0.140. The molecule has 1 rings (SSSR count). The number of unbranched alkanes of at least 4 members (excludes halogenated alkanes) is 9. The van der Waals surface area contributed by atoms with Gasteiger partial charge in [0.25, 0.3) is 0 Å². The van der Waals surface area contributed by atoms with Crippen molar-refractivity contribution in [1.82, 2.24) is 0 Å². The summed E-state index contributed by atoms with van der Waals surface area (Å²) in [5.41, 5.74) is 0. The minimum atomic E-state index is -0.0831. The molecule has 130 valence electrons. The Balaban J connectivity index is 1.78. The van der Waals surface area contributed by atoms with Crippen molar-refractivity contribution in [2.45, 2.75) is 109 Å². The van der Waals surface area contributed by atoms with Gasteiger partial charge in [-0.3, -0.25) is 4.79 Å². The number of hydrogen-bond acceptors (Lipinski definition) is 3. The van der Waals surface area contributed by atoms with Gasteiger partial charge in [-0.1, -0.05) is 71.1 Å². The number of ether oxygens (including phenoxy) is 2. The molecule has 0 radical (unpaired) electrons. The van der Waals surface area contributed by atoms with Crippen molar-refractivity contribution in [2.24, 2.45) is 0 Å². The molecule has 0 aromatic carbocycles. The van der Waals surface area contributed by atoms with Gasteiger partial charge in [0, 0.05) is 6.42 Å². The molecule has 0 saturated carbocycles. The zero-order valence-electron chi connectivity index (χ0n) is 14.8. The van der Waals surface area contributed by atoms with Crippen LogP contribution >= 0.6 is 0 Å². The minimum Gasteiger partial charge on any atom is -0.469 e. The van der Waals surface area contributed by atoms with Crippen LogP contribution in [0.1, 0.15) is 96.8 Å². The lowest BCUT2D eigenvalue weighted by Gasteiger charge is -2.01. The van der Waals surface area contributed by atoms with E-state index in [0.717, 1.165) is 12.8 Å². The largest absolute Gasteiger partial charge is 0.469 e. The molecule has 3 nitrogen and oxygen atoms in total. The van der Waals surface area contributed by atoms with E-state index >= 15 is 0 Å². The summed E-state index contributed by atoms with van der Waals surface area (Å²) in [4.78, 5) is 11.0. The third kappa shape index (κ3) is 10.2. The number of hydrogen-bond donors (Lipinski definition) is 0. The number of rotatable bonds is 15. The molecule has 0 unspecified atom stereocenters. The van der Waals surface area contributed by atoms with E-state index in [1.807, 2.05) is 0 Å². The van der Waals surface area contributed by atoms with Crippen LogP contribution in [0.3, 0.4) is 0 Å². The predicted molar refractivity (Wildman–Crippen MR) is 91.0 cm³/mol. The third-order valence-corrected chi connectivity index (χ3v) is 4.63. The van der Waals surface area contributed by atoms with Gasteiger partial charge in [-0.05, 0) is 19.3 Å². The normalized spacial score (nSPS) is 20.1. The van der Waals surface area contributed by atoms with Gasteiger partial charge in [-0.25, -0.2) is 0 Å². The van der Waals surface area contributed by atoms with E-state index in [-0.39, 0.29) is 5.97 Å². The molecule has 0 N–H and O–H groups in total. The summed E-state index contributed by atoms with van der Waals surface area (Å²) in [5, 5.41) is 0. The quantitative estimate of drug-likeness (QED) is 0.230. The molecule has 0 amide bonds. The van der Waals surface area contributed by atoms with Gasteiger partial charge >= 0.3 is 5.97 Å². The van der Waals surface area contributed by atoms with E-state index in [9.17, 15) is 4.79 Å². The summed E-state index contributed by atoms with van der Waals surface area (Å²) in [7, 11) is 1.46. The lowest BCUT2D eigenvalue weighted by Crippen LogP contribution is -1.99. The maximum absolute atomic E-state index is 11.0. The van der Waals surface area contributed by atoms with E-state index < -0.39 is 0 Å². The lowest BCUT2D eigenvalue weighted by atomic mass is 10.0. The van der Waals surface area contributed by atoms with E-state index in [2.05, 4.69) is 11.7 Å². The molecule has 1 aliphatic heterocycles. The van der Waals surface area contributed by atoms with Crippen LogP contribution in [0, 0.1) is 0 Å². The second-order valence-corrected chi connectivity index (χ2v) is 6.65. The minimum absolute atomic E-state index is 0.0831. The van der Waals surface area contributed by atoms with Crippen molar-refractivity contribution < 1.29 is 14.3 Å². The molecule has 0 aliphatic carbocycles. The average molecular weight is 312 g/mol. The number of carbonyl (C=O) groups is 1. The third-order valence-electron chi connectivity index (χ3n) is 4.63. The Bertz CT molecular complexity index is 278. The van der Waals surface area contributed by atoms with Crippen LogP contribution in [0.15, 0.2) is 0 Å². The van der Waals surface area contributed by atoms with Crippen molar-refractivity contribution in [3.05, 3.63) is 0 Å². The highest BCUT2D eigenvalue weighted by atomic mass is 16.6. The highest BCUT2D eigenvalue weighted by Gasteiger charge is 2.36. The van der Waals surface area contributed by atoms with Gasteiger partial charge in [0.1, 0.15) is 0 Å². The molecule has 3 heteroatoms. The predicted octanol–water partition coefficient (Wildman–Crippen LogP) is 5.41. The van der Waals surface area contributed by atoms with Crippen molar-refractivity contribution in [1.29, 1.82) is 0 Å². The molecule has 1 fully saturated rings. The Labute approximate surface area is 137 Å². The highest BCUT2D eigenvalue weighted by Crippen LogP contribution is 2.31. The van der Waals surface area contributed by atoms with Crippen molar-refractivity contribution >= 4 is 5.97 Å². The second-order valence-electron chi connectivity index (χ2n) is 6.65. The fourth-order valence-corrected chi connectivity index (χ4v) is 3.06. The first-order valence-corrected chi connectivity index (χ1v) is 9.50. The maximum Gasteiger partial charge on any atom is 0.305 e. The van der Waals surface area contributed by atoms with Gasteiger partial charge < -0.3 is 9.47 Å². The molecule has 1 saturated heterocycles. The first-order valence-electron chi connectivity index (χ1n) is 9.50. The van der Waals surface area contributed by atoms with E-state index in [1.54, 1.807) is 0 Å². The monoisotopic (exact) mass is 312 g/mol. The van der Waals surface area contributed by atoms with E-state index in [4.69, 9.17) is 4.74 Å². The fourth-order valence-electron chi connectivity index (χ4n) is 3.06. The maximum atomic E-state index is 11.0. The summed E-state index contributed by atoms with van der Waals surface area (Å²) in [6.45, 7) is 2.27. The summed E-state index contributed by atoms with van der Waals surface area (Å²) >= 11 is 0. The number of epoxide rings is 1. The Morgan fingerprint density at radius 2 is 1.32 bits per heavy atom. The molecule has 0 spiro atoms. The standard InChI is InChI=1S/C19H36O3/c1-3-4-5-6-7-8-11-14-17-18(22-17)15-12-9-10-13-16-19(20)21-2/h17-18H,3-16H2,1-2H3/t17-,18+/m0/s1. The summed E-state index contributed by atoms with van der Waals surface area (Å²) < 4.78 is 10.4. The van der Waals surface area contributed by atoms with Crippen molar-refractivity contribution in [3.63, 3.8) is 0 Å². The molecule has 0 bridgehead atoms. The van der Waals surface area contributed by atoms with Gasteiger partial charge in [0.15, 0.2) is 0 Å². The topological polar surface area (TPSA) is 38.8 Å². The van der Waals surface area contributed by atoms with E-state index in [1.165, 1.54) is 77.7 Å². The summed E-state index contributed by atoms with van der Waals surface area (Å²) in [6.07, 6.45) is 18.3. The molecule has 0 aromatic rings. The van der Waals surface area contributed by atoms with Crippen LogP contribution in [0.25, 0.3) is 0 Å². The van der Waals surface area contributed by atoms with Crippen LogP contribution < -0.4 is 0 Å². The Morgan fingerprint density at radius 3 is 1.86 bits per heavy atom. The van der Waals surface area contributed by atoms with Crippen molar-refractivity contribution in [2.75, 3.05) is 7.11 Å². The van der Waals surface area contributed by atoms with Gasteiger partial charge in [-0.15, -0.1) is 0 Å². The van der Waals surface area contributed by atoms with Gasteiger partial charge in [0.05, 0.1) is 19.3 Å². The Morgan fingerprint density at radius 1 is 0.818 bits per heavy atom. The van der Waals surface area contributed by atoms with Gasteiger partial charge in [-0.2, -0.15) is 0 Å². The van der Waals surface area contributed by atoms with Crippen LogP contribution in [0.5, 0.6) is 0 Å².